The average Bonchev–Trinajstić information content (AvgIpc) is 2.78. The lowest BCUT2D eigenvalue weighted by Crippen LogP contribution is -2.35. The summed E-state index contributed by atoms with van der Waals surface area (Å²) in [5.41, 5.74) is 1.50. The molecule has 0 atom stereocenters. The van der Waals surface area contributed by atoms with Crippen molar-refractivity contribution in [1.29, 1.82) is 10.5 Å². The minimum absolute atomic E-state index is 0.0296. The molecule has 0 spiro atoms. The van der Waals surface area contributed by atoms with Gasteiger partial charge in [-0.05, 0) is 11.6 Å². The standard InChI is InChI=1S/C13H8N4O2/c1-9-2-4-11(5-3-9)17-12(13(18)19-16-17)6-10(7-14)8-15/h2-6H,1H3. The van der Waals surface area contributed by atoms with Crippen LogP contribution in [0.3, 0.4) is 0 Å². The third kappa shape index (κ3) is 2.43. The molecule has 0 aliphatic heterocycles. The van der Waals surface area contributed by atoms with E-state index in [4.69, 9.17) is 10.5 Å². The number of allylic oxidation sites excluding steroid dienone is 1. The number of aryl methyl sites for hydroxylation is 1. The molecule has 0 amide bonds. The van der Waals surface area contributed by atoms with E-state index in [1.54, 1.807) is 24.3 Å². The number of benzene rings is 1. The fourth-order valence-corrected chi connectivity index (χ4v) is 1.47. The zero-order chi connectivity index (χ0) is 13.8. The average molecular weight is 252 g/mol. The minimum atomic E-state index is -0.705. The number of aromatic nitrogens is 2. The van der Waals surface area contributed by atoms with Crippen LogP contribution in [-0.4, -0.2) is 5.27 Å². The lowest BCUT2D eigenvalue weighted by atomic mass is 10.2. The summed E-state index contributed by atoms with van der Waals surface area (Å²) in [6, 6.07) is 10.6. The second-order valence-electron chi connectivity index (χ2n) is 3.77. The van der Waals surface area contributed by atoms with Crippen LogP contribution in [0.5, 0.6) is 5.95 Å². The first-order valence-electron chi connectivity index (χ1n) is 5.33. The lowest BCUT2D eigenvalue weighted by molar-refractivity contribution is -0.672. The lowest BCUT2D eigenvalue weighted by Gasteiger charge is -1.94. The van der Waals surface area contributed by atoms with Crippen LogP contribution < -0.4 is 9.79 Å². The summed E-state index contributed by atoms with van der Waals surface area (Å²) < 4.78 is 5.81. The third-order valence-electron chi connectivity index (χ3n) is 2.44. The van der Waals surface area contributed by atoms with Crippen LogP contribution in [0.25, 0.3) is 11.8 Å². The quantitative estimate of drug-likeness (QED) is 0.580. The van der Waals surface area contributed by atoms with Gasteiger partial charge in [-0.3, -0.25) is 0 Å². The molecule has 1 aromatic heterocycles. The van der Waals surface area contributed by atoms with Crippen LogP contribution in [0.4, 0.5) is 0 Å². The Bertz CT molecular complexity index is 699. The molecular weight excluding hydrogens is 244 g/mol. The topological polar surface area (TPSA) is 101 Å². The summed E-state index contributed by atoms with van der Waals surface area (Å²) in [6.45, 7) is 1.93. The molecule has 19 heavy (non-hydrogen) atoms. The minimum Gasteiger partial charge on any atom is -0.539 e. The maximum Gasteiger partial charge on any atom is 0.265 e. The normalized spacial score (nSPS) is 9.42. The van der Waals surface area contributed by atoms with Crippen LogP contribution in [0.1, 0.15) is 11.3 Å². The van der Waals surface area contributed by atoms with Crippen LogP contribution >= 0.6 is 0 Å². The van der Waals surface area contributed by atoms with Gasteiger partial charge in [0.25, 0.3) is 5.69 Å². The highest BCUT2D eigenvalue weighted by Gasteiger charge is 2.19. The van der Waals surface area contributed by atoms with Gasteiger partial charge in [0.2, 0.25) is 5.69 Å². The van der Waals surface area contributed by atoms with E-state index in [0.717, 1.165) is 11.6 Å². The Hall–Kier alpha value is -3.12. The Morgan fingerprint density at radius 2 is 1.95 bits per heavy atom. The highest BCUT2D eigenvalue weighted by molar-refractivity contribution is 5.60. The van der Waals surface area contributed by atoms with E-state index < -0.39 is 5.95 Å². The van der Waals surface area contributed by atoms with Crippen LogP contribution in [0.2, 0.25) is 0 Å². The number of nitriles is 2. The Morgan fingerprint density at radius 3 is 2.53 bits per heavy atom. The molecular formula is C13H8N4O2. The molecule has 0 saturated heterocycles. The van der Waals surface area contributed by atoms with Gasteiger partial charge < -0.3 is 9.63 Å². The molecule has 0 unspecified atom stereocenters. The van der Waals surface area contributed by atoms with Crippen molar-refractivity contribution < 1.29 is 14.3 Å². The molecule has 2 aromatic rings. The van der Waals surface area contributed by atoms with Gasteiger partial charge in [-0.15, -0.1) is 0 Å². The van der Waals surface area contributed by atoms with Crippen molar-refractivity contribution in [2.75, 3.05) is 0 Å². The van der Waals surface area contributed by atoms with Gasteiger partial charge >= 0.3 is 0 Å². The second kappa shape index (κ2) is 5.03. The van der Waals surface area contributed by atoms with Crippen LogP contribution in [-0.2, 0) is 0 Å². The van der Waals surface area contributed by atoms with Gasteiger partial charge in [0.15, 0.2) is 5.95 Å². The van der Waals surface area contributed by atoms with E-state index in [9.17, 15) is 5.11 Å². The Kier molecular flexibility index (Phi) is 3.26. The number of nitrogens with zero attached hydrogens (tertiary/aromatic N) is 4. The first kappa shape index (κ1) is 12.3. The first-order chi connectivity index (χ1) is 9.15. The Balaban J connectivity index is 2.56. The molecule has 0 bridgehead atoms. The third-order valence-corrected chi connectivity index (χ3v) is 2.44. The van der Waals surface area contributed by atoms with E-state index in [0.29, 0.717) is 5.69 Å². The largest absolute Gasteiger partial charge is 0.539 e. The van der Waals surface area contributed by atoms with Gasteiger partial charge in [-0.25, -0.2) is 0 Å². The van der Waals surface area contributed by atoms with Gasteiger partial charge in [-0.1, -0.05) is 17.7 Å². The summed E-state index contributed by atoms with van der Waals surface area (Å²) in [4.78, 5) is 0. The van der Waals surface area contributed by atoms with Crippen molar-refractivity contribution in [2.24, 2.45) is 0 Å². The molecule has 0 saturated carbocycles. The predicted octanol–water partition coefficient (Wildman–Crippen LogP) is 0.764. The van der Waals surface area contributed by atoms with Gasteiger partial charge in [0, 0.05) is 18.2 Å². The Labute approximate surface area is 109 Å². The molecule has 1 heterocycles. The number of hydrogen-bond donors (Lipinski definition) is 0. The van der Waals surface area contributed by atoms with Crippen molar-refractivity contribution in [3.63, 3.8) is 0 Å². The Morgan fingerprint density at radius 1 is 1.32 bits per heavy atom. The maximum absolute atomic E-state index is 11.5. The van der Waals surface area contributed by atoms with E-state index in [2.05, 4.69) is 9.79 Å². The SMILES string of the molecule is Cc1ccc(-[n+]2noc([O-])c2C=C(C#N)C#N)cc1. The van der Waals surface area contributed by atoms with E-state index in [1.165, 1.54) is 4.68 Å². The second-order valence-corrected chi connectivity index (χ2v) is 3.77. The van der Waals surface area contributed by atoms with Crippen LogP contribution in [0.15, 0.2) is 34.4 Å². The molecule has 2 rings (SSSR count). The van der Waals surface area contributed by atoms with Gasteiger partial charge in [0.1, 0.15) is 17.7 Å². The molecule has 0 radical (unpaired) electrons. The van der Waals surface area contributed by atoms with Gasteiger partial charge in [0.05, 0.1) is 5.27 Å². The van der Waals surface area contributed by atoms with E-state index >= 15 is 0 Å². The molecule has 0 N–H and O–H groups in total. The zero-order valence-corrected chi connectivity index (χ0v) is 9.99. The molecule has 1 aromatic carbocycles. The smallest absolute Gasteiger partial charge is 0.265 e. The summed E-state index contributed by atoms with van der Waals surface area (Å²) >= 11 is 0. The summed E-state index contributed by atoms with van der Waals surface area (Å²) in [6.07, 6.45) is 1.15. The first-order valence-corrected chi connectivity index (χ1v) is 5.33. The van der Waals surface area contributed by atoms with E-state index in [-0.39, 0.29) is 11.3 Å². The van der Waals surface area contributed by atoms with Crippen molar-refractivity contribution in [3.05, 3.63) is 41.1 Å². The highest BCUT2D eigenvalue weighted by Crippen LogP contribution is 2.14. The summed E-state index contributed by atoms with van der Waals surface area (Å²) in [7, 11) is 0. The fraction of sp³-hybridized carbons (Fsp3) is 0.0769. The predicted molar refractivity (Wildman–Crippen MR) is 61.4 cm³/mol. The molecule has 92 valence electrons. The van der Waals surface area contributed by atoms with Crippen LogP contribution in [0, 0.1) is 29.6 Å². The monoisotopic (exact) mass is 252 g/mol. The van der Waals surface area contributed by atoms with Crippen molar-refractivity contribution in [1.82, 2.24) is 5.27 Å². The zero-order valence-electron chi connectivity index (χ0n) is 9.99. The maximum atomic E-state index is 11.5. The summed E-state index contributed by atoms with van der Waals surface area (Å²) in [5.74, 6) is -0.705. The molecule has 6 nitrogen and oxygen atoms in total. The summed E-state index contributed by atoms with van der Waals surface area (Å²) in [5, 5.41) is 32.6. The van der Waals surface area contributed by atoms with E-state index in [1.807, 2.05) is 19.1 Å². The molecule has 0 aliphatic rings. The number of hydrogen-bond acceptors (Lipinski definition) is 5. The fourth-order valence-electron chi connectivity index (χ4n) is 1.47. The van der Waals surface area contributed by atoms with Crippen molar-refractivity contribution in [3.8, 4) is 23.8 Å². The van der Waals surface area contributed by atoms with Crippen molar-refractivity contribution >= 4 is 6.08 Å². The highest BCUT2D eigenvalue weighted by atomic mass is 16.6. The number of rotatable bonds is 2. The molecule has 0 fully saturated rings. The molecule has 0 aliphatic carbocycles. The molecule has 6 heteroatoms. The van der Waals surface area contributed by atoms with Crippen molar-refractivity contribution in [2.45, 2.75) is 6.92 Å². The van der Waals surface area contributed by atoms with Gasteiger partial charge in [-0.2, -0.15) is 10.5 Å².